The minimum atomic E-state index is 0.613. The Morgan fingerprint density at radius 2 is 1.70 bits per heavy atom. The van der Waals surface area contributed by atoms with Crippen LogP contribution in [0.5, 0.6) is 0 Å². The maximum atomic E-state index is 5.54. The van der Waals surface area contributed by atoms with E-state index < -0.39 is 0 Å². The number of hydrogen-bond donors (Lipinski definition) is 0. The van der Waals surface area contributed by atoms with E-state index in [4.69, 9.17) is 4.52 Å². The fourth-order valence-electron chi connectivity index (χ4n) is 4.75. The first-order valence-electron chi connectivity index (χ1n) is 10.7. The Balaban J connectivity index is 1.39. The topological polar surface area (TPSA) is 45.4 Å². The molecule has 0 unspecified atom stereocenters. The standard InChI is InChI=1S/C22H32N4O/c1-2-3-13-21-23-22(27-24-21)17-26-15-8-12-20(26)19-11-7-14-25(19)16-18-9-5-4-6-10-18/h4-6,9-10,19-20H,2-3,7-8,11-17H2,1H3/t19-,20+/m0/s1. The summed E-state index contributed by atoms with van der Waals surface area (Å²) in [5, 5.41) is 4.17. The minimum absolute atomic E-state index is 0.613. The first kappa shape index (κ1) is 18.6. The van der Waals surface area contributed by atoms with E-state index >= 15 is 0 Å². The Bertz CT molecular complexity index is 701. The molecule has 2 atom stereocenters. The second-order valence-electron chi connectivity index (χ2n) is 8.05. The maximum absolute atomic E-state index is 5.54. The van der Waals surface area contributed by atoms with Gasteiger partial charge in [-0.15, -0.1) is 0 Å². The third-order valence-corrected chi connectivity index (χ3v) is 6.10. The van der Waals surface area contributed by atoms with Crippen molar-refractivity contribution in [3.05, 3.63) is 47.6 Å². The molecule has 0 amide bonds. The van der Waals surface area contributed by atoms with E-state index in [9.17, 15) is 0 Å². The molecule has 0 saturated carbocycles. The van der Waals surface area contributed by atoms with Crippen LogP contribution in [0.15, 0.2) is 34.9 Å². The summed E-state index contributed by atoms with van der Waals surface area (Å²) in [6.45, 7) is 6.42. The molecule has 2 saturated heterocycles. The van der Waals surface area contributed by atoms with Crippen LogP contribution in [-0.4, -0.2) is 45.1 Å². The van der Waals surface area contributed by atoms with Gasteiger partial charge >= 0.3 is 0 Å². The third-order valence-electron chi connectivity index (χ3n) is 6.10. The molecule has 1 aromatic carbocycles. The quantitative estimate of drug-likeness (QED) is 0.704. The summed E-state index contributed by atoms with van der Waals surface area (Å²) in [5.41, 5.74) is 1.42. The molecule has 2 aromatic rings. The van der Waals surface area contributed by atoms with Crippen LogP contribution in [0.3, 0.4) is 0 Å². The molecule has 27 heavy (non-hydrogen) atoms. The summed E-state index contributed by atoms with van der Waals surface area (Å²) < 4.78 is 5.54. The molecule has 3 heterocycles. The van der Waals surface area contributed by atoms with E-state index in [1.807, 2.05) is 0 Å². The molecular formula is C22H32N4O. The molecule has 1 aromatic heterocycles. The van der Waals surface area contributed by atoms with E-state index in [0.29, 0.717) is 12.1 Å². The average molecular weight is 369 g/mol. The normalized spacial score (nSPS) is 24.0. The second kappa shape index (κ2) is 8.98. The molecule has 2 aliphatic heterocycles. The number of unbranched alkanes of at least 4 members (excludes halogenated alkanes) is 1. The second-order valence-corrected chi connectivity index (χ2v) is 8.05. The molecule has 0 radical (unpaired) electrons. The van der Waals surface area contributed by atoms with Gasteiger partial charge in [-0.1, -0.05) is 48.8 Å². The zero-order valence-corrected chi connectivity index (χ0v) is 16.5. The largest absolute Gasteiger partial charge is 0.338 e. The molecular weight excluding hydrogens is 336 g/mol. The number of aromatic nitrogens is 2. The fraction of sp³-hybridized carbons (Fsp3) is 0.636. The molecule has 5 nitrogen and oxygen atoms in total. The van der Waals surface area contributed by atoms with Crippen LogP contribution in [-0.2, 0) is 19.5 Å². The van der Waals surface area contributed by atoms with Crippen molar-refractivity contribution in [2.75, 3.05) is 13.1 Å². The highest BCUT2D eigenvalue weighted by Crippen LogP contribution is 2.31. The van der Waals surface area contributed by atoms with Gasteiger partial charge in [-0.05, 0) is 50.8 Å². The molecule has 2 fully saturated rings. The highest BCUT2D eigenvalue weighted by atomic mass is 16.5. The number of likely N-dealkylation sites (tertiary alicyclic amines) is 2. The van der Waals surface area contributed by atoms with E-state index in [0.717, 1.165) is 50.6 Å². The Kier molecular flexibility index (Phi) is 6.20. The van der Waals surface area contributed by atoms with Gasteiger partial charge in [0.1, 0.15) is 0 Å². The Morgan fingerprint density at radius 1 is 1.00 bits per heavy atom. The fourth-order valence-corrected chi connectivity index (χ4v) is 4.75. The number of benzene rings is 1. The average Bonchev–Trinajstić information content (AvgIpc) is 3.42. The van der Waals surface area contributed by atoms with E-state index in [1.54, 1.807) is 0 Å². The predicted octanol–water partition coefficient (Wildman–Crippen LogP) is 4.04. The molecule has 2 aliphatic rings. The number of rotatable bonds is 8. The maximum Gasteiger partial charge on any atom is 0.240 e. The molecule has 146 valence electrons. The van der Waals surface area contributed by atoms with Crippen LogP contribution in [0.1, 0.15) is 62.7 Å². The highest BCUT2D eigenvalue weighted by Gasteiger charge is 2.38. The van der Waals surface area contributed by atoms with Crippen molar-refractivity contribution in [2.24, 2.45) is 0 Å². The van der Waals surface area contributed by atoms with E-state index in [-0.39, 0.29) is 0 Å². The van der Waals surface area contributed by atoms with E-state index in [2.05, 4.69) is 57.2 Å². The smallest absolute Gasteiger partial charge is 0.240 e. The Morgan fingerprint density at radius 3 is 2.41 bits per heavy atom. The summed E-state index contributed by atoms with van der Waals surface area (Å²) in [6, 6.07) is 12.2. The lowest BCUT2D eigenvalue weighted by Gasteiger charge is -2.34. The van der Waals surface area contributed by atoms with Crippen molar-refractivity contribution in [1.29, 1.82) is 0 Å². The van der Waals surface area contributed by atoms with Gasteiger partial charge in [-0.25, -0.2) is 0 Å². The lowest BCUT2D eigenvalue weighted by molar-refractivity contribution is 0.115. The summed E-state index contributed by atoms with van der Waals surface area (Å²) in [4.78, 5) is 9.91. The van der Waals surface area contributed by atoms with Gasteiger partial charge in [-0.3, -0.25) is 9.80 Å². The molecule has 0 spiro atoms. The SMILES string of the molecule is CCCCc1noc(CN2CCC[C@@H]2[C@@H]2CCCN2Cc2ccccc2)n1. The number of hydrogen-bond acceptors (Lipinski definition) is 5. The first-order valence-corrected chi connectivity index (χ1v) is 10.7. The van der Waals surface area contributed by atoms with Gasteiger partial charge in [0, 0.05) is 25.0 Å². The molecule has 0 N–H and O–H groups in total. The van der Waals surface area contributed by atoms with Crippen molar-refractivity contribution >= 4 is 0 Å². The lowest BCUT2D eigenvalue weighted by Crippen LogP contribution is -2.45. The summed E-state index contributed by atoms with van der Waals surface area (Å²) in [7, 11) is 0. The summed E-state index contributed by atoms with van der Waals surface area (Å²) in [6.07, 6.45) is 8.39. The highest BCUT2D eigenvalue weighted by molar-refractivity contribution is 5.15. The van der Waals surface area contributed by atoms with Crippen LogP contribution < -0.4 is 0 Å². The van der Waals surface area contributed by atoms with Crippen molar-refractivity contribution < 1.29 is 4.52 Å². The van der Waals surface area contributed by atoms with Gasteiger partial charge in [0.15, 0.2) is 5.82 Å². The minimum Gasteiger partial charge on any atom is -0.338 e. The molecule has 4 rings (SSSR count). The Labute approximate surface area is 162 Å². The first-order chi connectivity index (χ1) is 13.3. The third kappa shape index (κ3) is 4.58. The van der Waals surface area contributed by atoms with Gasteiger partial charge in [0.2, 0.25) is 5.89 Å². The van der Waals surface area contributed by atoms with E-state index in [1.165, 1.54) is 37.8 Å². The lowest BCUT2D eigenvalue weighted by atomic mass is 10.0. The van der Waals surface area contributed by atoms with Gasteiger partial charge in [0.25, 0.3) is 0 Å². The number of aryl methyl sites for hydroxylation is 1. The van der Waals surface area contributed by atoms with Gasteiger partial charge < -0.3 is 4.52 Å². The van der Waals surface area contributed by atoms with Crippen molar-refractivity contribution in [3.8, 4) is 0 Å². The zero-order valence-electron chi connectivity index (χ0n) is 16.5. The monoisotopic (exact) mass is 368 g/mol. The van der Waals surface area contributed by atoms with Crippen LogP contribution >= 0.6 is 0 Å². The molecule has 0 aliphatic carbocycles. The van der Waals surface area contributed by atoms with Crippen molar-refractivity contribution in [2.45, 2.75) is 77.0 Å². The Hall–Kier alpha value is -1.72. The summed E-state index contributed by atoms with van der Waals surface area (Å²) >= 11 is 0. The van der Waals surface area contributed by atoms with Crippen molar-refractivity contribution in [1.82, 2.24) is 19.9 Å². The van der Waals surface area contributed by atoms with Gasteiger partial charge in [-0.2, -0.15) is 4.98 Å². The van der Waals surface area contributed by atoms with Gasteiger partial charge in [0.05, 0.1) is 6.54 Å². The molecule has 0 bridgehead atoms. The molecule has 5 heteroatoms. The van der Waals surface area contributed by atoms with Crippen LogP contribution in [0.25, 0.3) is 0 Å². The van der Waals surface area contributed by atoms with Crippen LogP contribution in [0.2, 0.25) is 0 Å². The van der Waals surface area contributed by atoms with Crippen LogP contribution in [0.4, 0.5) is 0 Å². The zero-order chi connectivity index (χ0) is 18.5. The van der Waals surface area contributed by atoms with Crippen LogP contribution in [0, 0.1) is 0 Å². The predicted molar refractivity (Wildman–Crippen MR) is 106 cm³/mol. The summed E-state index contributed by atoms with van der Waals surface area (Å²) in [5.74, 6) is 1.66. The number of nitrogens with zero attached hydrogens (tertiary/aromatic N) is 4. The van der Waals surface area contributed by atoms with Crippen molar-refractivity contribution in [3.63, 3.8) is 0 Å².